The molecule has 29 heavy (non-hydrogen) atoms. The summed E-state index contributed by atoms with van der Waals surface area (Å²) in [6.07, 6.45) is 0.158. The largest absolute Gasteiger partial charge is 0.367 e. The highest BCUT2D eigenvalue weighted by atomic mass is 15.5. The summed E-state index contributed by atoms with van der Waals surface area (Å²) in [4.78, 5) is 4.81. The van der Waals surface area contributed by atoms with E-state index < -0.39 is 0 Å². The molecule has 5 rings (SSSR count). The Balaban J connectivity index is 1.62. The van der Waals surface area contributed by atoms with Crippen LogP contribution in [-0.2, 0) is 0 Å². The molecule has 0 amide bonds. The molecule has 2 heterocycles. The van der Waals surface area contributed by atoms with E-state index in [1.165, 1.54) is 28.1 Å². The minimum Gasteiger partial charge on any atom is -0.367 e. The maximum Gasteiger partial charge on any atom is 0.150 e. The minimum atomic E-state index is 0.158. The highest BCUT2D eigenvalue weighted by molar-refractivity contribution is 5.74. The molecule has 3 aromatic rings. The lowest BCUT2D eigenvalue weighted by molar-refractivity contribution is 0.648. The molecule has 0 bridgehead atoms. The van der Waals surface area contributed by atoms with Gasteiger partial charge in [-0.15, -0.1) is 0 Å². The van der Waals surface area contributed by atoms with Crippen LogP contribution in [0.1, 0.15) is 12.5 Å². The number of hydrogen-bond acceptors (Lipinski definition) is 4. The number of anilines is 2. The lowest BCUT2D eigenvalue weighted by atomic mass is 10.0. The first-order chi connectivity index (χ1) is 14.2. The molecule has 2 N–H and O–H groups in total. The van der Waals surface area contributed by atoms with Crippen molar-refractivity contribution in [3.63, 3.8) is 0 Å². The van der Waals surface area contributed by atoms with Crippen molar-refractivity contribution in [2.75, 3.05) is 22.9 Å². The van der Waals surface area contributed by atoms with Gasteiger partial charge in [0, 0.05) is 24.5 Å². The summed E-state index contributed by atoms with van der Waals surface area (Å²) in [5.41, 5.74) is 6.18. The van der Waals surface area contributed by atoms with Gasteiger partial charge in [0.05, 0.1) is 0 Å². The third-order valence-electron chi connectivity index (χ3n) is 5.77. The Morgan fingerprint density at radius 3 is 2.03 bits per heavy atom. The zero-order valence-electron chi connectivity index (χ0n) is 16.9. The minimum absolute atomic E-state index is 0.158. The monoisotopic (exact) mass is 382 g/mol. The molecule has 2 aliphatic heterocycles. The summed E-state index contributed by atoms with van der Waals surface area (Å²) in [6.45, 7) is 6.30. The second-order valence-corrected chi connectivity index (χ2v) is 7.63. The van der Waals surface area contributed by atoms with E-state index in [0.717, 1.165) is 24.7 Å². The molecule has 0 fully saturated rings. The van der Waals surface area contributed by atoms with Crippen molar-refractivity contribution in [2.45, 2.75) is 20.0 Å². The van der Waals surface area contributed by atoms with Crippen LogP contribution in [0.3, 0.4) is 0 Å². The molecule has 2 aliphatic rings. The normalized spacial score (nSPS) is 18.3. The topological polar surface area (TPSA) is 30.5 Å². The molecule has 0 radical (unpaired) electrons. The van der Waals surface area contributed by atoms with Gasteiger partial charge in [-0.1, -0.05) is 60.7 Å². The van der Waals surface area contributed by atoms with E-state index in [2.05, 4.69) is 113 Å². The van der Waals surface area contributed by atoms with E-state index in [1.54, 1.807) is 0 Å². The van der Waals surface area contributed by atoms with E-state index in [-0.39, 0.29) is 6.17 Å². The first kappa shape index (κ1) is 17.7. The zero-order chi connectivity index (χ0) is 19.8. The molecule has 1 atom stereocenters. The van der Waals surface area contributed by atoms with Crippen molar-refractivity contribution < 1.29 is 0 Å². The second kappa shape index (κ2) is 7.21. The fourth-order valence-corrected chi connectivity index (χ4v) is 4.35. The molecule has 4 nitrogen and oxygen atoms in total. The van der Waals surface area contributed by atoms with E-state index in [0.29, 0.717) is 0 Å². The number of nitrogens with zero attached hydrogens (tertiary/aromatic N) is 2. The molecule has 1 unspecified atom stereocenters. The number of para-hydroxylation sites is 1. The van der Waals surface area contributed by atoms with Gasteiger partial charge in [-0.05, 0) is 48.7 Å². The number of nitrogens with one attached hydrogen (secondary N) is 2. The molecule has 0 saturated heterocycles. The molecule has 4 heteroatoms. The summed E-state index contributed by atoms with van der Waals surface area (Å²) in [5.74, 6) is 2.31. The Hall–Kier alpha value is -3.40. The highest BCUT2D eigenvalue weighted by Gasteiger charge is 2.39. The third-order valence-corrected chi connectivity index (χ3v) is 5.77. The Morgan fingerprint density at radius 1 is 0.724 bits per heavy atom. The summed E-state index contributed by atoms with van der Waals surface area (Å²) in [6, 6.07) is 28.0. The Morgan fingerprint density at radius 2 is 1.34 bits per heavy atom. The maximum absolute atomic E-state index is 3.65. The van der Waals surface area contributed by atoms with Gasteiger partial charge in [0.1, 0.15) is 17.8 Å². The van der Waals surface area contributed by atoms with Gasteiger partial charge in [0.2, 0.25) is 0 Å². The molecule has 0 aromatic heterocycles. The molecule has 0 saturated carbocycles. The maximum atomic E-state index is 3.65. The van der Waals surface area contributed by atoms with E-state index in [1.807, 2.05) is 0 Å². The Kier molecular flexibility index (Phi) is 4.39. The van der Waals surface area contributed by atoms with Gasteiger partial charge >= 0.3 is 0 Å². The first-order valence-electron chi connectivity index (χ1n) is 10.3. The van der Waals surface area contributed by atoms with Crippen molar-refractivity contribution in [1.29, 1.82) is 0 Å². The van der Waals surface area contributed by atoms with Crippen molar-refractivity contribution in [3.05, 3.63) is 96.1 Å². The Bertz CT molecular complexity index is 1040. The number of benzene rings is 3. The molecule has 146 valence electrons. The molecule has 3 aromatic carbocycles. The van der Waals surface area contributed by atoms with Crippen molar-refractivity contribution in [3.8, 4) is 11.1 Å². The highest BCUT2D eigenvalue weighted by Crippen LogP contribution is 2.39. The molecule has 0 spiro atoms. The van der Waals surface area contributed by atoms with Gasteiger partial charge in [-0.2, -0.15) is 0 Å². The second-order valence-electron chi connectivity index (χ2n) is 7.63. The van der Waals surface area contributed by atoms with Crippen LogP contribution in [0.15, 0.2) is 90.5 Å². The average Bonchev–Trinajstić information content (AvgIpc) is 3.07. The summed E-state index contributed by atoms with van der Waals surface area (Å²) in [7, 11) is 0. The van der Waals surface area contributed by atoms with Crippen molar-refractivity contribution >= 4 is 11.4 Å². The fraction of sp³-hybridized carbons (Fsp3) is 0.200. The lowest BCUT2D eigenvalue weighted by Crippen LogP contribution is -2.40. The predicted octanol–water partition coefficient (Wildman–Crippen LogP) is 4.65. The standard InChI is InChI=1S/C25H26N4/c1-18-13-14-21(20-9-5-3-6-10-20)17-23(18)29-19(2)28(22-11-7-4-8-12-22)24-25(29)27-16-15-26-24/h3-14,17,19,26-27H,15-16H2,1-2H3. The van der Waals surface area contributed by atoms with Crippen LogP contribution in [0.4, 0.5) is 11.4 Å². The van der Waals surface area contributed by atoms with Gasteiger partial charge in [0.15, 0.2) is 0 Å². The van der Waals surface area contributed by atoms with E-state index in [9.17, 15) is 0 Å². The number of rotatable bonds is 3. The van der Waals surface area contributed by atoms with Gasteiger partial charge < -0.3 is 20.4 Å². The SMILES string of the molecule is Cc1ccc(-c2ccccc2)cc1N1C2=C(NCCN2)N(c2ccccc2)C1C. The average molecular weight is 383 g/mol. The lowest BCUT2D eigenvalue weighted by Gasteiger charge is -2.32. The number of hydrogen-bond donors (Lipinski definition) is 2. The van der Waals surface area contributed by atoms with Crippen LogP contribution < -0.4 is 20.4 Å². The summed E-state index contributed by atoms with van der Waals surface area (Å²) in [5, 5.41) is 7.27. The quantitative estimate of drug-likeness (QED) is 0.690. The zero-order valence-corrected chi connectivity index (χ0v) is 16.9. The van der Waals surface area contributed by atoms with Crippen LogP contribution in [0.2, 0.25) is 0 Å². The number of aryl methyl sites for hydroxylation is 1. The van der Waals surface area contributed by atoms with Crippen molar-refractivity contribution in [1.82, 2.24) is 10.6 Å². The Labute approximate surface area is 172 Å². The first-order valence-corrected chi connectivity index (χ1v) is 10.3. The smallest absolute Gasteiger partial charge is 0.150 e. The fourth-order valence-electron chi connectivity index (χ4n) is 4.35. The van der Waals surface area contributed by atoms with Gasteiger partial charge in [0.25, 0.3) is 0 Å². The van der Waals surface area contributed by atoms with E-state index >= 15 is 0 Å². The molecular weight excluding hydrogens is 356 g/mol. The van der Waals surface area contributed by atoms with Crippen LogP contribution in [0.5, 0.6) is 0 Å². The van der Waals surface area contributed by atoms with Crippen LogP contribution in [-0.4, -0.2) is 19.3 Å². The summed E-state index contributed by atoms with van der Waals surface area (Å²) >= 11 is 0. The molecular formula is C25H26N4. The van der Waals surface area contributed by atoms with Gasteiger partial charge in [-0.25, -0.2) is 0 Å². The summed E-state index contributed by atoms with van der Waals surface area (Å²) < 4.78 is 0. The molecule has 0 aliphatic carbocycles. The van der Waals surface area contributed by atoms with Crippen LogP contribution >= 0.6 is 0 Å². The third kappa shape index (κ3) is 3.01. The van der Waals surface area contributed by atoms with Crippen LogP contribution in [0.25, 0.3) is 11.1 Å². The van der Waals surface area contributed by atoms with Crippen LogP contribution in [0, 0.1) is 6.92 Å². The van der Waals surface area contributed by atoms with Gasteiger partial charge in [-0.3, -0.25) is 0 Å². The van der Waals surface area contributed by atoms with E-state index in [4.69, 9.17) is 0 Å². The predicted molar refractivity (Wildman–Crippen MR) is 121 cm³/mol. The van der Waals surface area contributed by atoms with Crippen molar-refractivity contribution in [2.24, 2.45) is 0 Å².